The maximum atomic E-state index is 11.9. The van der Waals surface area contributed by atoms with Crippen molar-refractivity contribution in [1.29, 1.82) is 0 Å². The van der Waals surface area contributed by atoms with Crippen LogP contribution in [0.2, 0.25) is 0 Å². The molecule has 0 saturated carbocycles. The predicted octanol–water partition coefficient (Wildman–Crippen LogP) is 2.21. The maximum absolute atomic E-state index is 11.9. The van der Waals surface area contributed by atoms with Gasteiger partial charge in [0.25, 0.3) is 0 Å². The van der Waals surface area contributed by atoms with E-state index in [0.29, 0.717) is 35.0 Å². The molecule has 0 aromatic heterocycles. The van der Waals surface area contributed by atoms with Crippen LogP contribution in [-0.4, -0.2) is 32.9 Å². The number of hydrogen-bond acceptors (Lipinski definition) is 5. The molecular formula is C12H16O4S. The van der Waals surface area contributed by atoms with E-state index in [9.17, 15) is 4.79 Å². The molecule has 0 fully saturated rings. The van der Waals surface area contributed by atoms with Crippen LogP contribution in [0.1, 0.15) is 16.8 Å². The largest absolute Gasteiger partial charge is 0.496 e. The van der Waals surface area contributed by atoms with Gasteiger partial charge in [-0.25, -0.2) is 0 Å². The molecule has 0 aliphatic heterocycles. The highest BCUT2D eigenvalue weighted by molar-refractivity contribution is 7.80. The minimum absolute atomic E-state index is 0.0298. The lowest BCUT2D eigenvalue weighted by Gasteiger charge is -2.13. The van der Waals surface area contributed by atoms with E-state index < -0.39 is 0 Å². The Morgan fingerprint density at radius 3 is 2.06 bits per heavy atom. The highest BCUT2D eigenvalue weighted by atomic mass is 32.1. The second-order valence-corrected chi connectivity index (χ2v) is 3.75. The molecule has 0 spiro atoms. The van der Waals surface area contributed by atoms with Crippen LogP contribution < -0.4 is 14.2 Å². The molecule has 1 aromatic carbocycles. The van der Waals surface area contributed by atoms with Crippen LogP contribution in [0.4, 0.5) is 0 Å². The molecule has 0 aliphatic rings. The molecule has 0 heterocycles. The van der Waals surface area contributed by atoms with Crippen molar-refractivity contribution in [3.63, 3.8) is 0 Å². The number of methoxy groups -OCH3 is 3. The number of benzene rings is 1. The van der Waals surface area contributed by atoms with Crippen LogP contribution in [-0.2, 0) is 0 Å². The average Bonchev–Trinajstić information content (AvgIpc) is 2.37. The molecule has 0 atom stereocenters. The van der Waals surface area contributed by atoms with Gasteiger partial charge in [-0.15, -0.1) is 0 Å². The first-order chi connectivity index (χ1) is 8.17. The molecule has 0 unspecified atom stereocenters. The maximum Gasteiger partial charge on any atom is 0.167 e. The number of hydrogen-bond donors (Lipinski definition) is 1. The average molecular weight is 256 g/mol. The van der Waals surface area contributed by atoms with Crippen molar-refractivity contribution in [2.75, 3.05) is 27.1 Å². The summed E-state index contributed by atoms with van der Waals surface area (Å²) in [5, 5.41) is 0. The minimum atomic E-state index is -0.0298. The van der Waals surface area contributed by atoms with Gasteiger partial charge in [-0.3, -0.25) is 4.79 Å². The fourth-order valence-electron chi connectivity index (χ4n) is 1.48. The summed E-state index contributed by atoms with van der Waals surface area (Å²) in [4.78, 5) is 11.9. The molecule has 0 amide bonds. The lowest BCUT2D eigenvalue weighted by atomic mass is 10.1. The lowest BCUT2D eigenvalue weighted by Crippen LogP contribution is -2.04. The Morgan fingerprint density at radius 2 is 1.59 bits per heavy atom. The normalized spacial score (nSPS) is 9.88. The van der Waals surface area contributed by atoms with Gasteiger partial charge >= 0.3 is 0 Å². The Labute approximate surface area is 106 Å². The molecular weight excluding hydrogens is 240 g/mol. The van der Waals surface area contributed by atoms with Crippen molar-refractivity contribution < 1.29 is 19.0 Å². The number of ether oxygens (including phenoxy) is 3. The number of rotatable bonds is 6. The molecule has 4 nitrogen and oxygen atoms in total. The first-order valence-electron chi connectivity index (χ1n) is 5.12. The summed E-state index contributed by atoms with van der Waals surface area (Å²) in [6.07, 6.45) is 0.356. The highest BCUT2D eigenvalue weighted by Gasteiger charge is 2.16. The summed E-state index contributed by atoms with van der Waals surface area (Å²) in [7, 11) is 4.57. The molecule has 0 aliphatic carbocycles. The van der Waals surface area contributed by atoms with E-state index in [4.69, 9.17) is 14.2 Å². The monoisotopic (exact) mass is 256 g/mol. The summed E-state index contributed by atoms with van der Waals surface area (Å²) in [6.45, 7) is 0. The van der Waals surface area contributed by atoms with Gasteiger partial charge in [0.15, 0.2) is 17.3 Å². The van der Waals surface area contributed by atoms with Gasteiger partial charge in [-0.2, -0.15) is 12.6 Å². The second-order valence-electron chi connectivity index (χ2n) is 3.30. The van der Waals surface area contributed by atoms with Crippen LogP contribution in [0.15, 0.2) is 12.1 Å². The van der Waals surface area contributed by atoms with E-state index in [1.54, 1.807) is 12.1 Å². The number of thiol groups is 1. The van der Waals surface area contributed by atoms with Crippen molar-refractivity contribution in [2.24, 2.45) is 0 Å². The van der Waals surface area contributed by atoms with E-state index in [0.717, 1.165) is 0 Å². The fraction of sp³-hybridized carbons (Fsp3) is 0.417. The first-order valence-corrected chi connectivity index (χ1v) is 5.75. The summed E-state index contributed by atoms with van der Waals surface area (Å²) in [5.41, 5.74) is 0.485. The zero-order chi connectivity index (χ0) is 12.8. The standard InChI is InChI=1S/C12H16O4S/c1-14-10-7-12(16-3)11(15-2)6-8(10)9(13)4-5-17/h6-7,17H,4-5H2,1-3H3. The van der Waals surface area contributed by atoms with E-state index in [2.05, 4.69) is 12.6 Å². The molecule has 0 saturated heterocycles. The first kappa shape index (κ1) is 13.7. The van der Waals surface area contributed by atoms with Gasteiger partial charge in [-0.1, -0.05) is 0 Å². The minimum Gasteiger partial charge on any atom is -0.496 e. The SMILES string of the molecule is COc1cc(OC)c(C(=O)CCS)cc1OC. The zero-order valence-electron chi connectivity index (χ0n) is 10.1. The van der Waals surface area contributed by atoms with E-state index in [-0.39, 0.29) is 5.78 Å². The van der Waals surface area contributed by atoms with Gasteiger partial charge < -0.3 is 14.2 Å². The van der Waals surface area contributed by atoms with Crippen molar-refractivity contribution in [3.8, 4) is 17.2 Å². The second kappa shape index (κ2) is 6.39. The molecule has 0 radical (unpaired) electrons. The van der Waals surface area contributed by atoms with Gasteiger partial charge in [0.1, 0.15) is 5.75 Å². The Hall–Kier alpha value is -1.36. The van der Waals surface area contributed by atoms with Crippen LogP contribution in [0.5, 0.6) is 17.2 Å². The van der Waals surface area contributed by atoms with Crippen LogP contribution in [0.25, 0.3) is 0 Å². The molecule has 1 rings (SSSR count). The third-order valence-corrected chi connectivity index (χ3v) is 2.57. The molecule has 94 valence electrons. The molecule has 1 aromatic rings. The summed E-state index contributed by atoms with van der Waals surface area (Å²) >= 11 is 4.04. The number of ketones is 1. The van der Waals surface area contributed by atoms with Crippen LogP contribution >= 0.6 is 12.6 Å². The Morgan fingerprint density at radius 1 is 1.06 bits per heavy atom. The lowest BCUT2D eigenvalue weighted by molar-refractivity contribution is 0.0986. The summed E-state index contributed by atoms with van der Waals surface area (Å²) in [5.74, 6) is 1.99. The third kappa shape index (κ3) is 3.06. The van der Waals surface area contributed by atoms with Gasteiger partial charge in [0.2, 0.25) is 0 Å². The zero-order valence-corrected chi connectivity index (χ0v) is 11.0. The summed E-state index contributed by atoms with van der Waals surface area (Å²) in [6, 6.07) is 3.27. The van der Waals surface area contributed by atoms with Crippen molar-refractivity contribution >= 4 is 18.4 Å². The number of Topliss-reactive ketones (excluding diaryl/α,β-unsaturated/α-hetero) is 1. The fourth-order valence-corrected chi connectivity index (χ4v) is 1.69. The van der Waals surface area contributed by atoms with E-state index >= 15 is 0 Å². The van der Waals surface area contributed by atoms with Crippen molar-refractivity contribution in [2.45, 2.75) is 6.42 Å². The van der Waals surface area contributed by atoms with E-state index in [1.807, 2.05) is 0 Å². The molecule has 17 heavy (non-hydrogen) atoms. The van der Waals surface area contributed by atoms with Crippen molar-refractivity contribution in [1.82, 2.24) is 0 Å². The van der Waals surface area contributed by atoms with Crippen LogP contribution in [0, 0.1) is 0 Å². The topological polar surface area (TPSA) is 44.8 Å². The molecule has 0 bridgehead atoms. The number of carbonyl (C=O) groups is 1. The predicted molar refractivity (Wildman–Crippen MR) is 68.9 cm³/mol. The van der Waals surface area contributed by atoms with Crippen molar-refractivity contribution in [3.05, 3.63) is 17.7 Å². The Bertz CT molecular complexity index is 404. The summed E-state index contributed by atoms with van der Waals surface area (Å²) < 4.78 is 15.5. The Balaban J connectivity index is 3.23. The van der Waals surface area contributed by atoms with Gasteiger partial charge in [0, 0.05) is 12.5 Å². The smallest absolute Gasteiger partial charge is 0.167 e. The van der Waals surface area contributed by atoms with Gasteiger partial charge in [-0.05, 0) is 11.8 Å². The highest BCUT2D eigenvalue weighted by Crippen LogP contribution is 2.35. The van der Waals surface area contributed by atoms with Gasteiger partial charge in [0.05, 0.1) is 26.9 Å². The number of carbonyl (C=O) groups excluding carboxylic acids is 1. The molecule has 5 heteroatoms. The van der Waals surface area contributed by atoms with E-state index in [1.165, 1.54) is 21.3 Å². The Kier molecular flexibility index (Phi) is 5.15. The molecule has 0 N–H and O–H groups in total. The quantitative estimate of drug-likeness (QED) is 0.626. The third-order valence-electron chi connectivity index (χ3n) is 2.34. The van der Waals surface area contributed by atoms with Crippen LogP contribution in [0.3, 0.4) is 0 Å².